The molecule has 1 amide bonds. The summed E-state index contributed by atoms with van der Waals surface area (Å²) in [5.74, 6) is -1.63. The number of carbonyl (C=O) groups excluding carboxylic acids is 1. The van der Waals surface area contributed by atoms with E-state index in [0.29, 0.717) is 4.90 Å². The van der Waals surface area contributed by atoms with Crippen LogP contribution in [0.15, 0.2) is 47.1 Å². The van der Waals surface area contributed by atoms with Crippen molar-refractivity contribution in [1.29, 1.82) is 0 Å². The Kier molecular flexibility index (Phi) is 5.25. The van der Waals surface area contributed by atoms with E-state index in [9.17, 15) is 22.4 Å². The molecule has 0 aliphatic heterocycles. The maximum Gasteiger partial charge on any atom is 0.406 e. The normalized spacial score (nSPS) is 11.3. The highest BCUT2D eigenvalue weighted by Gasteiger charge is 2.33. The molecular formula is C15H13F4NO3. The van der Waals surface area contributed by atoms with Crippen molar-refractivity contribution in [1.82, 2.24) is 4.90 Å². The molecule has 2 rings (SSSR count). The second-order valence-electron chi connectivity index (χ2n) is 4.66. The predicted molar refractivity (Wildman–Crippen MR) is 72.1 cm³/mol. The molecule has 0 bridgehead atoms. The van der Waals surface area contributed by atoms with E-state index in [0.717, 1.165) is 6.07 Å². The number of para-hydroxylation sites is 1. The van der Waals surface area contributed by atoms with Gasteiger partial charge < -0.3 is 14.1 Å². The molecule has 0 radical (unpaired) electrons. The van der Waals surface area contributed by atoms with Crippen molar-refractivity contribution in [3.8, 4) is 5.75 Å². The van der Waals surface area contributed by atoms with Crippen LogP contribution in [0.1, 0.15) is 5.76 Å². The lowest BCUT2D eigenvalue weighted by Gasteiger charge is -2.23. The third-order valence-corrected chi connectivity index (χ3v) is 2.84. The first-order valence-electron chi connectivity index (χ1n) is 6.59. The fourth-order valence-electron chi connectivity index (χ4n) is 1.83. The summed E-state index contributed by atoms with van der Waals surface area (Å²) in [6.45, 7) is -2.52. The molecule has 0 spiro atoms. The Morgan fingerprint density at radius 1 is 1.17 bits per heavy atom. The van der Waals surface area contributed by atoms with Crippen molar-refractivity contribution in [2.45, 2.75) is 12.7 Å². The molecule has 0 aliphatic rings. The summed E-state index contributed by atoms with van der Waals surface area (Å²) in [5.41, 5.74) is 0. The second kappa shape index (κ2) is 7.17. The maximum atomic E-state index is 13.4. The molecule has 1 heterocycles. The van der Waals surface area contributed by atoms with E-state index in [4.69, 9.17) is 9.15 Å². The van der Waals surface area contributed by atoms with Gasteiger partial charge in [-0.05, 0) is 24.3 Å². The largest absolute Gasteiger partial charge is 0.481 e. The highest BCUT2D eigenvalue weighted by atomic mass is 19.4. The lowest BCUT2D eigenvalue weighted by molar-refractivity contribution is -0.164. The number of hydrogen-bond acceptors (Lipinski definition) is 3. The van der Waals surface area contributed by atoms with Gasteiger partial charge in [0, 0.05) is 0 Å². The van der Waals surface area contributed by atoms with E-state index in [1.807, 2.05) is 0 Å². The van der Waals surface area contributed by atoms with Gasteiger partial charge in [0.25, 0.3) is 5.91 Å². The molecule has 2 aromatic rings. The number of alkyl halides is 3. The monoisotopic (exact) mass is 331 g/mol. The summed E-state index contributed by atoms with van der Waals surface area (Å²) >= 11 is 0. The lowest BCUT2D eigenvalue weighted by Crippen LogP contribution is -2.40. The average Bonchev–Trinajstić information content (AvgIpc) is 2.97. The Morgan fingerprint density at radius 2 is 1.91 bits per heavy atom. The van der Waals surface area contributed by atoms with Crippen LogP contribution in [0.3, 0.4) is 0 Å². The van der Waals surface area contributed by atoms with E-state index in [-0.39, 0.29) is 18.1 Å². The van der Waals surface area contributed by atoms with Gasteiger partial charge in [0.2, 0.25) is 0 Å². The van der Waals surface area contributed by atoms with Gasteiger partial charge in [-0.2, -0.15) is 13.2 Å². The summed E-state index contributed by atoms with van der Waals surface area (Å²) in [4.78, 5) is 12.5. The third-order valence-electron chi connectivity index (χ3n) is 2.84. The number of nitrogens with zero attached hydrogens (tertiary/aromatic N) is 1. The molecule has 4 nitrogen and oxygen atoms in total. The van der Waals surface area contributed by atoms with Crippen LogP contribution < -0.4 is 4.74 Å². The number of halogens is 4. The van der Waals surface area contributed by atoms with Crippen molar-refractivity contribution in [2.24, 2.45) is 0 Å². The van der Waals surface area contributed by atoms with E-state index in [1.165, 1.54) is 36.6 Å². The van der Waals surface area contributed by atoms with Gasteiger partial charge in [0.1, 0.15) is 12.3 Å². The van der Waals surface area contributed by atoms with E-state index in [2.05, 4.69) is 0 Å². The minimum absolute atomic E-state index is 0.202. The van der Waals surface area contributed by atoms with Crippen LogP contribution in [-0.2, 0) is 11.3 Å². The molecule has 0 atom stereocenters. The van der Waals surface area contributed by atoms with Crippen LogP contribution >= 0.6 is 0 Å². The van der Waals surface area contributed by atoms with Gasteiger partial charge in [-0.1, -0.05) is 12.1 Å². The Hall–Kier alpha value is -2.51. The van der Waals surface area contributed by atoms with Gasteiger partial charge >= 0.3 is 6.18 Å². The van der Waals surface area contributed by atoms with Gasteiger partial charge in [-0.3, -0.25) is 4.79 Å². The smallest absolute Gasteiger partial charge is 0.406 e. The zero-order valence-electron chi connectivity index (χ0n) is 11.8. The minimum Gasteiger partial charge on any atom is -0.481 e. The predicted octanol–water partition coefficient (Wildman–Crippen LogP) is 3.39. The van der Waals surface area contributed by atoms with Crippen molar-refractivity contribution in [3.63, 3.8) is 0 Å². The number of hydrogen-bond donors (Lipinski definition) is 0. The molecule has 1 aromatic carbocycles. The Labute approximate surface area is 129 Å². The Bertz CT molecular complexity index is 640. The van der Waals surface area contributed by atoms with Crippen LogP contribution in [0, 0.1) is 5.82 Å². The number of carbonyl (C=O) groups is 1. The van der Waals surface area contributed by atoms with E-state index < -0.39 is 31.1 Å². The quantitative estimate of drug-likeness (QED) is 0.762. The van der Waals surface area contributed by atoms with Crippen LogP contribution in [0.2, 0.25) is 0 Å². The van der Waals surface area contributed by atoms with E-state index >= 15 is 0 Å². The third kappa shape index (κ3) is 5.32. The Morgan fingerprint density at radius 3 is 2.52 bits per heavy atom. The highest BCUT2D eigenvalue weighted by Crippen LogP contribution is 2.19. The number of ether oxygens (including phenoxy) is 1. The van der Waals surface area contributed by atoms with E-state index in [1.54, 1.807) is 0 Å². The molecule has 23 heavy (non-hydrogen) atoms. The van der Waals surface area contributed by atoms with Crippen LogP contribution in [0.5, 0.6) is 5.75 Å². The maximum absolute atomic E-state index is 13.4. The molecule has 8 heteroatoms. The first-order chi connectivity index (χ1) is 10.8. The molecule has 1 aromatic heterocycles. The molecule has 0 fully saturated rings. The van der Waals surface area contributed by atoms with Gasteiger partial charge in [-0.15, -0.1) is 0 Å². The summed E-state index contributed by atoms with van der Waals surface area (Å²) in [6.07, 6.45) is -3.28. The number of furan rings is 1. The van der Waals surface area contributed by atoms with Crippen molar-refractivity contribution in [3.05, 3.63) is 54.2 Å². The number of benzene rings is 1. The fraction of sp³-hybridized carbons (Fsp3) is 0.267. The summed E-state index contributed by atoms with van der Waals surface area (Å²) < 4.78 is 61.1. The van der Waals surface area contributed by atoms with Crippen molar-refractivity contribution >= 4 is 5.91 Å². The molecule has 0 saturated carbocycles. The van der Waals surface area contributed by atoms with Gasteiger partial charge in [0.15, 0.2) is 18.2 Å². The fourth-order valence-corrected chi connectivity index (χ4v) is 1.83. The minimum atomic E-state index is -4.57. The zero-order valence-corrected chi connectivity index (χ0v) is 11.8. The second-order valence-corrected chi connectivity index (χ2v) is 4.66. The standard InChI is InChI=1S/C15H13F4NO3/c16-12-5-1-2-6-13(12)23-9-14(21)20(10-15(17,18)19)8-11-4-3-7-22-11/h1-7H,8-10H2. The van der Waals surface area contributed by atoms with Crippen LogP contribution in [-0.4, -0.2) is 30.1 Å². The van der Waals surface area contributed by atoms with Gasteiger partial charge in [-0.25, -0.2) is 4.39 Å². The Balaban J connectivity index is 2.02. The molecule has 0 N–H and O–H groups in total. The molecule has 124 valence electrons. The van der Waals surface area contributed by atoms with Crippen molar-refractivity contribution in [2.75, 3.05) is 13.2 Å². The molecular weight excluding hydrogens is 318 g/mol. The molecule has 0 saturated heterocycles. The first-order valence-corrected chi connectivity index (χ1v) is 6.59. The highest BCUT2D eigenvalue weighted by molar-refractivity contribution is 5.77. The van der Waals surface area contributed by atoms with Crippen LogP contribution in [0.4, 0.5) is 17.6 Å². The summed E-state index contributed by atoms with van der Waals surface area (Å²) in [6, 6.07) is 8.27. The zero-order chi connectivity index (χ0) is 16.9. The SMILES string of the molecule is O=C(COc1ccccc1F)N(Cc1ccco1)CC(F)(F)F. The van der Waals surface area contributed by atoms with Crippen LogP contribution in [0.25, 0.3) is 0 Å². The van der Waals surface area contributed by atoms with Gasteiger partial charge in [0.05, 0.1) is 12.8 Å². The number of amides is 1. The first kappa shape index (κ1) is 16.9. The molecule has 0 aliphatic carbocycles. The summed E-state index contributed by atoms with van der Waals surface area (Å²) in [5, 5.41) is 0. The average molecular weight is 331 g/mol. The summed E-state index contributed by atoms with van der Waals surface area (Å²) in [7, 11) is 0. The topological polar surface area (TPSA) is 42.7 Å². The number of rotatable bonds is 6. The van der Waals surface area contributed by atoms with Crippen molar-refractivity contribution < 1.29 is 31.5 Å². The lowest BCUT2D eigenvalue weighted by atomic mass is 10.3. The molecule has 0 unspecified atom stereocenters.